The molecule has 28 heavy (non-hydrogen) atoms. The normalized spacial score (nSPS) is 11.6. The Hall–Kier alpha value is -3.80. The number of aromatic amines is 1. The number of nitrogens with one attached hydrogen (secondary N) is 1. The van der Waals surface area contributed by atoms with Gasteiger partial charge in [0.15, 0.2) is 10.9 Å². The molecule has 0 fully saturated rings. The van der Waals surface area contributed by atoms with E-state index in [1.807, 2.05) is 25.1 Å². The van der Waals surface area contributed by atoms with Crippen molar-refractivity contribution in [3.05, 3.63) is 74.5 Å². The number of nitrogens with zero attached hydrogens (tertiary/aromatic N) is 1. The van der Waals surface area contributed by atoms with Gasteiger partial charge >= 0.3 is 0 Å². The number of fused-ring (bicyclic) bond motifs is 4. The Labute approximate surface area is 158 Å². The number of nitrogens with two attached hydrogens (primary N) is 1. The summed E-state index contributed by atoms with van der Waals surface area (Å²) in [6, 6.07) is 14.2. The molecule has 0 saturated heterocycles. The van der Waals surface area contributed by atoms with E-state index in [4.69, 9.17) is 10.6 Å². The van der Waals surface area contributed by atoms with Crippen molar-refractivity contribution in [3.8, 4) is 5.75 Å². The summed E-state index contributed by atoms with van der Waals surface area (Å²) in [5, 5.41) is 2.02. The molecule has 0 aliphatic rings. The molecule has 2 heterocycles. The number of rotatable bonds is 1. The van der Waals surface area contributed by atoms with Crippen LogP contribution in [-0.4, -0.2) is 16.8 Å². The molecular formula is C22H17N3O3. The Morgan fingerprint density at radius 1 is 0.821 bits per heavy atom. The van der Waals surface area contributed by atoms with Gasteiger partial charge in [-0.05, 0) is 49.4 Å². The van der Waals surface area contributed by atoms with E-state index < -0.39 is 0 Å². The van der Waals surface area contributed by atoms with Crippen molar-refractivity contribution in [2.24, 2.45) is 0 Å². The summed E-state index contributed by atoms with van der Waals surface area (Å²) in [7, 11) is 1.55. The molecule has 6 nitrogen and oxygen atoms in total. The van der Waals surface area contributed by atoms with Crippen molar-refractivity contribution >= 4 is 43.6 Å². The zero-order valence-electron chi connectivity index (χ0n) is 15.4. The minimum atomic E-state index is -0.155. The summed E-state index contributed by atoms with van der Waals surface area (Å²) < 4.78 is 6.69. The van der Waals surface area contributed by atoms with E-state index in [2.05, 4.69) is 4.98 Å². The minimum Gasteiger partial charge on any atom is -0.497 e. The van der Waals surface area contributed by atoms with Gasteiger partial charge in [0.2, 0.25) is 0 Å². The van der Waals surface area contributed by atoms with Crippen molar-refractivity contribution in [2.75, 3.05) is 13.0 Å². The lowest BCUT2D eigenvalue weighted by molar-refractivity contribution is 0.415. The predicted octanol–water partition coefficient (Wildman–Crippen LogP) is 3.18. The van der Waals surface area contributed by atoms with Gasteiger partial charge in [-0.3, -0.25) is 14.3 Å². The van der Waals surface area contributed by atoms with Gasteiger partial charge in [0, 0.05) is 16.3 Å². The standard InChI is InChI=1S/C22H17N3O3/c1-11-3-5-17-13(7-11)21(26)14-10-20-16(9-18(14)24-17)22(27)15-8-12(28-2)4-6-19(15)25(20)23/h3-10H,23H2,1-2H3,(H,24,26). The van der Waals surface area contributed by atoms with E-state index >= 15 is 0 Å². The molecule has 0 spiro atoms. The van der Waals surface area contributed by atoms with Crippen LogP contribution in [0.25, 0.3) is 43.6 Å². The Balaban J connectivity index is 2.00. The van der Waals surface area contributed by atoms with Gasteiger partial charge in [-0.1, -0.05) is 11.6 Å². The van der Waals surface area contributed by atoms with Crippen LogP contribution in [0.15, 0.2) is 58.1 Å². The summed E-state index contributed by atoms with van der Waals surface area (Å²) in [6.07, 6.45) is 0. The highest BCUT2D eigenvalue weighted by molar-refractivity contribution is 6.03. The minimum absolute atomic E-state index is 0.0865. The number of ether oxygens (including phenoxy) is 1. The van der Waals surface area contributed by atoms with Gasteiger partial charge in [0.05, 0.1) is 34.4 Å². The van der Waals surface area contributed by atoms with Crippen LogP contribution in [0.1, 0.15) is 5.56 Å². The van der Waals surface area contributed by atoms with E-state index in [0.717, 1.165) is 11.1 Å². The fourth-order valence-corrected chi connectivity index (χ4v) is 3.81. The molecule has 2 aromatic heterocycles. The van der Waals surface area contributed by atoms with Gasteiger partial charge < -0.3 is 15.6 Å². The highest BCUT2D eigenvalue weighted by atomic mass is 16.5. The monoisotopic (exact) mass is 371 g/mol. The summed E-state index contributed by atoms with van der Waals surface area (Å²) in [4.78, 5) is 29.5. The molecule has 0 aliphatic carbocycles. The topological polar surface area (TPSA) is 90.1 Å². The zero-order chi connectivity index (χ0) is 19.6. The number of hydrogen-bond donors (Lipinski definition) is 2. The third kappa shape index (κ3) is 2.15. The van der Waals surface area contributed by atoms with Crippen molar-refractivity contribution in [1.82, 2.24) is 9.66 Å². The fourth-order valence-electron chi connectivity index (χ4n) is 3.81. The molecule has 0 atom stereocenters. The first kappa shape index (κ1) is 16.4. The number of aryl methyl sites for hydroxylation is 1. The van der Waals surface area contributed by atoms with Crippen LogP contribution < -0.4 is 21.4 Å². The average Bonchev–Trinajstić information content (AvgIpc) is 2.71. The molecule has 138 valence electrons. The molecule has 6 heteroatoms. The number of H-pyrrole nitrogens is 1. The van der Waals surface area contributed by atoms with E-state index in [-0.39, 0.29) is 10.9 Å². The van der Waals surface area contributed by atoms with Gasteiger partial charge in [-0.2, -0.15) is 0 Å². The molecule has 0 amide bonds. The van der Waals surface area contributed by atoms with Crippen molar-refractivity contribution in [3.63, 3.8) is 0 Å². The summed E-state index contributed by atoms with van der Waals surface area (Å²) in [6.45, 7) is 1.95. The third-order valence-electron chi connectivity index (χ3n) is 5.28. The van der Waals surface area contributed by atoms with Crippen molar-refractivity contribution in [2.45, 2.75) is 6.92 Å². The first-order valence-electron chi connectivity index (χ1n) is 8.86. The number of aromatic nitrogens is 2. The first-order valence-corrected chi connectivity index (χ1v) is 8.86. The quantitative estimate of drug-likeness (QED) is 0.350. The lowest BCUT2D eigenvalue weighted by atomic mass is 10.0. The molecule has 3 N–H and O–H groups in total. The Morgan fingerprint density at radius 3 is 2.32 bits per heavy atom. The molecule has 0 aliphatic heterocycles. The summed E-state index contributed by atoms with van der Waals surface area (Å²) in [5.41, 5.74) is 3.19. The van der Waals surface area contributed by atoms with Gasteiger partial charge in [-0.15, -0.1) is 0 Å². The number of benzene rings is 3. The Morgan fingerprint density at radius 2 is 1.54 bits per heavy atom. The van der Waals surface area contributed by atoms with Crippen molar-refractivity contribution in [1.29, 1.82) is 0 Å². The van der Waals surface area contributed by atoms with Crippen LogP contribution in [0.2, 0.25) is 0 Å². The second kappa shape index (κ2) is 5.60. The molecular weight excluding hydrogens is 354 g/mol. The van der Waals surface area contributed by atoms with E-state index in [1.165, 1.54) is 4.68 Å². The van der Waals surface area contributed by atoms with Crippen LogP contribution in [0.3, 0.4) is 0 Å². The lowest BCUT2D eigenvalue weighted by Crippen LogP contribution is -2.18. The molecule has 0 radical (unpaired) electrons. The lowest BCUT2D eigenvalue weighted by Gasteiger charge is -2.12. The van der Waals surface area contributed by atoms with Crippen LogP contribution >= 0.6 is 0 Å². The number of pyridine rings is 2. The second-order valence-electron chi connectivity index (χ2n) is 7.00. The first-order chi connectivity index (χ1) is 13.5. The Kier molecular flexibility index (Phi) is 3.27. The number of methoxy groups -OCH3 is 1. The van der Waals surface area contributed by atoms with Crippen molar-refractivity contribution < 1.29 is 4.74 Å². The molecule has 0 bridgehead atoms. The average molecular weight is 371 g/mol. The maximum Gasteiger partial charge on any atom is 0.197 e. The number of hydrogen-bond acceptors (Lipinski definition) is 4. The van der Waals surface area contributed by atoms with Crippen LogP contribution in [0.4, 0.5) is 0 Å². The predicted molar refractivity (Wildman–Crippen MR) is 113 cm³/mol. The molecule has 0 saturated carbocycles. The molecule has 0 unspecified atom stereocenters. The largest absolute Gasteiger partial charge is 0.497 e. The highest BCUT2D eigenvalue weighted by Gasteiger charge is 2.14. The molecule has 5 aromatic rings. The smallest absolute Gasteiger partial charge is 0.197 e. The van der Waals surface area contributed by atoms with Gasteiger partial charge in [0.25, 0.3) is 0 Å². The van der Waals surface area contributed by atoms with E-state index in [1.54, 1.807) is 37.4 Å². The third-order valence-corrected chi connectivity index (χ3v) is 5.28. The zero-order valence-corrected chi connectivity index (χ0v) is 15.4. The molecule has 5 rings (SSSR count). The van der Waals surface area contributed by atoms with Crippen LogP contribution in [0, 0.1) is 6.92 Å². The van der Waals surface area contributed by atoms with E-state index in [9.17, 15) is 9.59 Å². The highest BCUT2D eigenvalue weighted by Crippen LogP contribution is 2.25. The fraction of sp³-hybridized carbons (Fsp3) is 0.0909. The number of nitrogen functional groups attached to an aromatic ring is 1. The summed E-state index contributed by atoms with van der Waals surface area (Å²) >= 11 is 0. The SMILES string of the molecule is COc1ccc2c(c1)c(=O)c1cc3[nH]c4ccc(C)cc4c(=O)c3cc1n2N. The Bertz CT molecular complexity index is 1560. The second-order valence-corrected chi connectivity index (χ2v) is 7.00. The maximum atomic E-state index is 13.1. The van der Waals surface area contributed by atoms with Gasteiger partial charge in [0.1, 0.15) is 5.75 Å². The maximum absolute atomic E-state index is 13.1. The van der Waals surface area contributed by atoms with Crippen LogP contribution in [0.5, 0.6) is 5.75 Å². The van der Waals surface area contributed by atoms with Crippen LogP contribution in [-0.2, 0) is 0 Å². The van der Waals surface area contributed by atoms with E-state index in [0.29, 0.717) is 43.8 Å². The van der Waals surface area contributed by atoms with Gasteiger partial charge in [-0.25, -0.2) is 0 Å². The molecule has 3 aromatic carbocycles. The summed E-state index contributed by atoms with van der Waals surface area (Å²) in [5.74, 6) is 6.90.